The number of rotatable bonds is 6. The van der Waals surface area contributed by atoms with Gasteiger partial charge in [-0.05, 0) is 42.2 Å². The number of hydrogen-bond acceptors (Lipinski definition) is 2. The maximum Gasteiger partial charge on any atom is 0.416 e. The van der Waals surface area contributed by atoms with Crippen LogP contribution in [0.15, 0.2) is 72.9 Å². The van der Waals surface area contributed by atoms with Crippen LogP contribution in [0.5, 0.6) is 0 Å². The van der Waals surface area contributed by atoms with E-state index in [1.54, 1.807) is 6.07 Å². The van der Waals surface area contributed by atoms with Crippen molar-refractivity contribution in [1.82, 2.24) is 14.8 Å². The molecule has 1 aliphatic heterocycles. The second kappa shape index (κ2) is 9.61. The van der Waals surface area contributed by atoms with Crippen LogP contribution >= 0.6 is 0 Å². The third-order valence-corrected chi connectivity index (χ3v) is 5.84. The summed E-state index contributed by atoms with van der Waals surface area (Å²) in [5.41, 5.74) is 1.79. The highest BCUT2D eigenvalue weighted by Gasteiger charge is 2.30. The van der Waals surface area contributed by atoms with Crippen molar-refractivity contribution >= 4 is 5.91 Å². The second-order valence-corrected chi connectivity index (χ2v) is 8.23. The van der Waals surface area contributed by atoms with Gasteiger partial charge in [0.1, 0.15) is 5.69 Å². The van der Waals surface area contributed by atoms with Crippen LogP contribution in [0.3, 0.4) is 0 Å². The van der Waals surface area contributed by atoms with Gasteiger partial charge in [0.15, 0.2) is 0 Å². The normalized spacial score (nSPS) is 15.6. The molecule has 0 bridgehead atoms. The molecule has 7 heteroatoms. The van der Waals surface area contributed by atoms with E-state index < -0.39 is 11.7 Å². The first-order valence-electron chi connectivity index (χ1n) is 10.8. The van der Waals surface area contributed by atoms with Crippen molar-refractivity contribution in [3.05, 3.63) is 95.3 Å². The lowest BCUT2D eigenvalue weighted by Gasteiger charge is -2.32. The molecule has 1 fully saturated rings. The molecule has 1 aromatic heterocycles. The quantitative estimate of drug-likeness (QED) is 0.588. The highest BCUT2D eigenvalue weighted by Crippen LogP contribution is 2.30. The smallest absolute Gasteiger partial charge is 0.348 e. The Bertz CT molecular complexity index is 1040. The zero-order chi connectivity index (χ0) is 22.6. The third-order valence-electron chi connectivity index (χ3n) is 5.84. The average Bonchev–Trinajstić information content (AvgIpc) is 3.24. The van der Waals surface area contributed by atoms with Crippen LogP contribution in [-0.4, -0.2) is 34.5 Å². The fraction of sp³-hybridized carbons (Fsp3) is 0.320. The maximum atomic E-state index is 12.9. The number of aromatic nitrogens is 1. The van der Waals surface area contributed by atoms with E-state index in [2.05, 4.69) is 10.2 Å². The Labute approximate surface area is 185 Å². The molecule has 1 amide bonds. The monoisotopic (exact) mass is 441 g/mol. The Morgan fingerprint density at radius 1 is 0.906 bits per heavy atom. The molecule has 2 aromatic carbocycles. The van der Waals surface area contributed by atoms with Crippen LogP contribution in [-0.2, 0) is 19.3 Å². The van der Waals surface area contributed by atoms with Crippen LogP contribution in [0.4, 0.5) is 13.2 Å². The van der Waals surface area contributed by atoms with Gasteiger partial charge in [0.2, 0.25) is 0 Å². The molecule has 0 atom stereocenters. The summed E-state index contributed by atoms with van der Waals surface area (Å²) in [5, 5.41) is 3.13. The molecule has 4 rings (SSSR count). The van der Waals surface area contributed by atoms with E-state index >= 15 is 0 Å². The lowest BCUT2D eigenvalue weighted by atomic mass is 10.0. The van der Waals surface area contributed by atoms with Gasteiger partial charge < -0.3 is 9.88 Å². The number of carbonyl (C=O) groups excluding carboxylic acids is 1. The summed E-state index contributed by atoms with van der Waals surface area (Å²) >= 11 is 0. The number of nitrogens with zero attached hydrogens (tertiary/aromatic N) is 2. The number of benzene rings is 2. The van der Waals surface area contributed by atoms with E-state index in [0.717, 1.165) is 37.6 Å². The van der Waals surface area contributed by atoms with Crippen LogP contribution < -0.4 is 5.32 Å². The minimum atomic E-state index is -4.33. The molecule has 1 saturated heterocycles. The summed E-state index contributed by atoms with van der Waals surface area (Å²) in [6.45, 7) is 2.56. The van der Waals surface area contributed by atoms with Crippen molar-refractivity contribution in [2.24, 2.45) is 0 Å². The Balaban J connectivity index is 1.29. The maximum absolute atomic E-state index is 12.9. The highest BCUT2D eigenvalue weighted by atomic mass is 19.4. The standard InChI is InChI=1S/C25H26F3N3O/c26-25(27,28)21-9-4-8-20(16-21)17-30-14-11-22(12-15-30)29-24(32)23-10-5-13-31(23)18-19-6-2-1-3-7-19/h1-10,13,16,22H,11-12,14-15,17-18H2,(H,29,32). The number of amides is 1. The fourth-order valence-corrected chi connectivity index (χ4v) is 4.14. The van der Waals surface area contributed by atoms with Gasteiger partial charge in [-0.15, -0.1) is 0 Å². The largest absolute Gasteiger partial charge is 0.416 e. The Morgan fingerprint density at radius 3 is 2.34 bits per heavy atom. The first-order chi connectivity index (χ1) is 15.4. The van der Waals surface area contributed by atoms with Crippen molar-refractivity contribution in [3.8, 4) is 0 Å². The molecular weight excluding hydrogens is 415 g/mol. The summed E-state index contributed by atoms with van der Waals surface area (Å²) in [7, 11) is 0. The van der Waals surface area contributed by atoms with Crippen molar-refractivity contribution in [2.75, 3.05) is 13.1 Å². The van der Waals surface area contributed by atoms with Crippen molar-refractivity contribution < 1.29 is 18.0 Å². The van der Waals surface area contributed by atoms with Gasteiger partial charge >= 0.3 is 6.18 Å². The predicted molar refractivity (Wildman–Crippen MR) is 117 cm³/mol. The van der Waals surface area contributed by atoms with Gasteiger partial charge in [-0.3, -0.25) is 9.69 Å². The van der Waals surface area contributed by atoms with Crippen molar-refractivity contribution in [2.45, 2.75) is 38.1 Å². The topological polar surface area (TPSA) is 37.3 Å². The number of nitrogens with one attached hydrogen (secondary N) is 1. The number of likely N-dealkylation sites (tertiary alicyclic amines) is 1. The van der Waals surface area contributed by atoms with Crippen LogP contribution in [0.2, 0.25) is 0 Å². The van der Waals surface area contributed by atoms with E-state index in [-0.39, 0.29) is 11.9 Å². The van der Waals surface area contributed by atoms with Crippen molar-refractivity contribution in [3.63, 3.8) is 0 Å². The summed E-state index contributed by atoms with van der Waals surface area (Å²) in [5.74, 6) is -0.0951. The molecule has 4 nitrogen and oxygen atoms in total. The fourth-order valence-electron chi connectivity index (χ4n) is 4.14. The van der Waals surface area contributed by atoms with Gasteiger partial charge in [0, 0.05) is 38.4 Å². The Kier molecular flexibility index (Phi) is 6.65. The molecule has 3 aromatic rings. The first kappa shape index (κ1) is 22.1. The molecule has 0 radical (unpaired) electrons. The van der Waals surface area contributed by atoms with E-state index in [4.69, 9.17) is 0 Å². The molecule has 1 N–H and O–H groups in total. The first-order valence-corrected chi connectivity index (χ1v) is 10.8. The van der Waals surface area contributed by atoms with Crippen LogP contribution in [0.1, 0.15) is 40.0 Å². The van der Waals surface area contributed by atoms with Crippen molar-refractivity contribution in [1.29, 1.82) is 0 Å². The molecule has 0 unspecified atom stereocenters. The van der Waals surface area contributed by atoms with Crippen LogP contribution in [0, 0.1) is 0 Å². The van der Waals surface area contributed by atoms with Gasteiger partial charge in [-0.1, -0.05) is 48.5 Å². The van der Waals surface area contributed by atoms with Gasteiger partial charge in [-0.2, -0.15) is 13.2 Å². The van der Waals surface area contributed by atoms with E-state index in [9.17, 15) is 18.0 Å². The Hall–Kier alpha value is -3.06. The van der Waals surface area contributed by atoms with Gasteiger partial charge in [0.25, 0.3) is 5.91 Å². The number of alkyl halides is 3. The highest BCUT2D eigenvalue weighted by molar-refractivity contribution is 5.93. The lowest BCUT2D eigenvalue weighted by molar-refractivity contribution is -0.137. The van der Waals surface area contributed by atoms with E-state index in [1.165, 1.54) is 12.1 Å². The van der Waals surface area contributed by atoms with E-state index in [0.29, 0.717) is 24.3 Å². The summed E-state index contributed by atoms with van der Waals surface area (Å²) in [6, 6.07) is 19.2. The second-order valence-electron chi connectivity index (χ2n) is 8.23. The average molecular weight is 441 g/mol. The molecule has 2 heterocycles. The zero-order valence-corrected chi connectivity index (χ0v) is 17.7. The predicted octanol–water partition coefficient (Wildman–Crippen LogP) is 4.95. The minimum Gasteiger partial charge on any atom is -0.348 e. The molecule has 0 spiro atoms. The molecule has 32 heavy (non-hydrogen) atoms. The molecule has 1 aliphatic rings. The number of carbonyl (C=O) groups is 1. The molecular formula is C25H26F3N3O. The van der Waals surface area contributed by atoms with Gasteiger partial charge in [0.05, 0.1) is 5.56 Å². The lowest BCUT2D eigenvalue weighted by Crippen LogP contribution is -2.44. The number of piperidine rings is 1. The summed E-state index contributed by atoms with van der Waals surface area (Å²) < 4.78 is 40.7. The van der Waals surface area contributed by atoms with Gasteiger partial charge in [-0.25, -0.2) is 0 Å². The number of halogens is 3. The Morgan fingerprint density at radius 2 is 1.62 bits per heavy atom. The molecule has 168 valence electrons. The summed E-state index contributed by atoms with van der Waals surface area (Å²) in [4.78, 5) is 15.0. The van der Waals surface area contributed by atoms with Crippen LogP contribution in [0.25, 0.3) is 0 Å². The van der Waals surface area contributed by atoms with E-state index in [1.807, 2.05) is 53.2 Å². The minimum absolute atomic E-state index is 0.0559. The summed E-state index contributed by atoms with van der Waals surface area (Å²) in [6.07, 6.45) is -0.890. The molecule has 0 aliphatic carbocycles. The number of hydrogen-bond donors (Lipinski definition) is 1. The third kappa shape index (κ3) is 5.59. The molecule has 0 saturated carbocycles. The zero-order valence-electron chi connectivity index (χ0n) is 17.7. The SMILES string of the molecule is O=C(NC1CCN(Cc2cccc(C(F)(F)F)c2)CC1)c1cccn1Cc1ccccc1.